The van der Waals surface area contributed by atoms with Crippen LogP contribution in [0.3, 0.4) is 0 Å². The van der Waals surface area contributed by atoms with Crippen LogP contribution in [0.5, 0.6) is 0 Å². The molecule has 2 unspecified atom stereocenters. The quantitative estimate of drug-likeness (QED) is 0.734. The van der Waals surface area contributed by atoms with Gasteiger partial charge in [0, 0.05) is 43.5 Å². The van der Waals surface area contributed by atoms with Crippen LogP contribution in [0.2, 0.25) is 0 Å². The number of carbonyl (C=O) groups excluding carboxylic acids is 2. The highest BCUT2D eigenvalue weighted by Crippen LogP contribution is 2.25. The van der Waals surface area contributed by atoms with Crippen molar-refractivity contribution in [3.63, 3.8) is 0 Å². The smallest absolute Gasteiger partial charge is 0.241 e. The maximum absolute atomic E-state index is 12.9. The summed E-state index contributed by atoms with van der Waals surface area (Å²) in [4.78, 5) is 31.4. The molecule has 2 atom stereocenters. The summed E-state index contributed by atoms with van der Waals surface area (Å²) in [5, 5.41) is 3.24. The fourth-order valence-corrected chi connectivity index (χ4v) is 4.68. The molecule has 0 aromatic carbocycles. The van der Waals surface area contributed by atoms with Gasteiger partial charge in [0.2, 0.25) is 11.8 Å². The molecule has 3 N–H and O–H groups in total. The van der Waals surface area contributed by atoms with Crippen molar-refractivity contribution < 1.29 is 9.59 Å². The van der Waals surface area contributed by atoms with Crippen LogP contribution in [-0.4, -0.2) is 46.9 Å². The van der Waals surface area contributed by atoms with Gasteiger partial charge in [0.15, 0.2) is 0 Å². The predicted molar refractivity (Wildman–Crippen MR) is 106 cm³/mol. The van der Waals surface area contributed by atoms with Crippen molar-refractivity contribution in [2.45, 2.75) is 69.5 Å². The lowest BCUT2D eigenvalue weighted by atomic mass is 9.92. The van der Waals surface area contributed by atoms with E-state index in [9.17, 15) is 9.59 Å². The van der Waals surface area contributed by atoms with Gasteiger partial charge in [0.1, 0.15) is 6.04 Å². The molecule has 1 aromatic heterocycles. The first kappa shape index (κ1) is 19.3. The second kappa shape index (κ2) is 9.01. The minimum absolute atomic E-state index is 0.0465. The minimum atomic E-state index is -0.217. The van der Waals surface area contributed by atoms with Gasteiger partial charge < -0.3 is 10.2 Å². The molecule has 152 valence electrons. The molecule has 3 heterocycles. The highest BCUT2D eigenvalue weighted by Gasteiger charge is 2.35. The zero-order chi connectivity index (χ0) is 19.3. The summed E-state index contributed by atoms with van der Waals surface area (Å²) < 4.78 is 0. The van der Waals surface area contributed by atoms with Crippen LogP contribution >= 0.6 is 0 Å². The number of hydrogen-bond acceptors (Lipinski definition) is 5. The summed E-state index contributed by atoms with van der Waals surface area (Å²) in [6.45, 7) is 1.33. The number of hydrogen-bond donors (Lipinski definition) is 3. The largest absolute Gasteiger partial charge is 0.353 e. The zero-order valence-corrected chi connectivity index (χ0v) is 16.4. The fourth-order valence-electron chi connectivity index (χ4n) is 4.68. The van der Waals surface area contributed by atoms with Crippen LogP contribution < -0.4 is 16.2 Å². The monoisotopic (exact) mass is 385 g/mol. The zero-order valence-electron chi connectivity index (χ0n) is 16.4. The Morgan fingerprint density at radius 3 is 2.43 bits per heavy atom. The van der Waals surface area contributed by atoms with E-state index >= 15 is 0 Å². The summed E-state index contributed by atoms with van der Waals surface area (Å²) in [5.41, 5.74) is 7.51. The standard InChI is InChI=1S/C21H31N5O2/c27-20(23-17-4-2-1-3-5-17)16-8-12-26(13-9-16)21(28)19-14-18(24-25-19)15-6-10-22-11-7-15/h6-7,10-11,16-19,24-25H,1-5,8-9,12-14H2,(H,23,27). The van der Waals surface area contributed by atoms with Gasteiger partial charge in [-0.1, -0.05) is 19.3 Å². The topological polar surface area (TPSA) is 86.4 Å². The number of hydrazine groups is 1. The Morgan fingerprint density at radius 1 is 1.00 bits per heavy atom. The molecular formula is C21H31N5O2. The molecule has 2 amide bonds. The second-order valence-electron chi connectivity index (χ2n) is 8.35. The highest BCUT2D eigenvalue weighted by atomic mass is 16.2. The average Bonchev–Trinajstić information content (AvgIpc) is 3.25. The third-order valence-electron chi connectivity index (χ3n) is 6.44. The van der Waals surface area contributed by atoms with E-state index in [0.717, 1.165) is 37.7 Å². The first-order valence-electron chi connectivity index (χ1n) is 10.7. The van der Waals surface area contributed by atoms with E-state index < -0.39 is 0 Å². The Bertz CT molecular complexity index is 669. The van der Waals surface area contributed by atoms with Crippen molar-refractivity contribution in [1.29, 1.82) is 0 Å². The molecule has 3 aliphatic rings. The van der Waals surface area contributed by atoms with Crippen LogP contribution in [0.25, 0.3) is 0 Å². The summed E-state index contributed by atoms with van der Waals surface area (Å²) in [7, 11) is 0. The molecule has 0 spiro atoms. The lowest BCUT2D eigenvalue weighted by molar-refractivity contribution is -0.137. The minimum Gasteiger partial charge on any atom is -0.353 e. The van der Waals surface area contributed by atoms with Crippen molar-refractivity contribution in [2.24, 2.45) is 5.92 Å². The summed E-state index contributed by atoms with van der Waals surface area (Å²) in [6.07, 6.45) is 11.8. The Labute approximate surface area is 166 Å². The Morgan fingerprint density at radius 2 is 1.71 bits per heavy atom. The molecular weight excluding hydrogens is 354 g/mol. The number of rotatable bonds is 4. The van der Waals surface area contributed by atoms with Crippen LogP contribution in [0.4, 0.5) is 0 Å². The molecule has 7 nitrogen and oxygen atoms in total. The lowest BCUT2D eigenvalue weighted by Crippen LogP contribution is -2.50. The van der Waals surface area contributed by atoms with Gasteiger partial charge in [-0.2, -0.15) is 0 Å². The maximum atomic E-state index is 12.9. The summed E-state index contributed by atoms with van der Waals surface area (Å²) >= 11 is 0. The number of piperidine rings is 1. The van der Waals surface area contributed by atoms with Gasteiger partial charge in [-0.3, -0.25) is 14.6 Å². The van der Waals surface area contributed by atoms with Crippen molar-refractivity contribution in [2.75, 3.05) is 13.1 Å². The first-order valence-corrected chi connectivity index (χ1v) is 10.7. The van der Waals surface area contributed by atoms with Gasteiger partial charge in [-0.15, -0.1) is 0 Å². The number of nitrogens with one attached hydrogen (secondary N) is 3. The Balaban J connectivity index is 1.23. The van der Waals surface area contributed by atoms with Crippen LogP contribution in [0.1, 0.15) is 63.0 Å². The Kier molecular flexibility index (Phi) is 6.22. The molecule has 1 aromatic rings. The molecule has 1 aliphatic carbocycles. The van der Waals surface area contributed by atoms with Crippen molar-refractivity contribution in [3.8, 4) is 0 Å². The Hall–Kier alpha value is -1.99. The van der Waals surface area contributed by atoms with Gasteiger partial charge in [-0.25, -0.2) is 10.9 Å². The molecule has 2 aliphatic heterocycles. The van der Waals surface area contributed by atoms with Gasteiger partial charge >= 0.3 is 0 Å². The van der Waals surface area contributed by atoms with Gasteiger partial charge in [0.05, 0.1) is 0 Å². The van der Waals surface area contributed by atoms with Gasteiger partial charge in [-0.05, 0) is 49.8 Å². The van der Waals surface area contributed by atoms with E-state index in [2.05, 4.69) is 21.2 Å². The fraction of sp³-hybridized carbons (Fsp3) is 0.667. The van der Waals surface area contributed by atoms with Crippen LogP contribution in [0, 0.1) is 5.92 Å². The van der Waals surface area contributed by atoms with Gasteiger partial charge in [0.25, 0.3) is 0 Å². The molecule has 7 heteroatoms. The third kappa shape index (κ3) is 4.52. The number of aromatic nitrogens is 1. The molecule has 3 fully saturated rings. The molecule has 0 radical (unpaired) electrons. The first-order chi connectivity index (χ1) is 13.7. The van der Waals surface area contributed by atoms with E-state index in [0.29, 0.717) is 19.1 Å². The van der Waals surface area contributed by atoms with Crippen molar-refractivity contribution >= 4 is 11.8 Å². The third-order valence-corrected chi connectivity index (χ3v) is 6.44. The number of pyridine rings is 1. The molecule has 4 rings (SSSR count). The SMILES string of the molecule is O=C(NC1CCCCC1)C1CCN(C(=O)C2CC(c3ccncc3)NN2)CC1. The van der Waals surface area contributed by atoms with E-state index in [-0.39, 0.29) is 29.8 Å². The number of amides is 2. The number of nitrogens with zero attached hydrogens (tertiary/aromatic N) is 2. The second-order valence-corrected chi connectivity index (χ2v) is 8.35. The van der Waals surface area contributed by atoms with Crippen molar-refractivity contribution in [1.82, 2.24) is 26.1 Å². The van der Waals surface area contributed by atoms with Crippen LogP contribution in [0.15, 0.2) is 24.5 Å². The average molecular weight is 386 g/mol. The van der Waals surface area contributed by atoms with E-state index in [4.69, 9.17) is 0 Å². The number of likely N-dealkylation sites (tertiary alicyclic amines) is 1. The normalized spacial score (nSPS) is 26.9. The van der Waals surface area contributed by atoms with E-state index in [1.807, 2.05) is 17.0 Å². The molecule has 1 saturated carbocycles. The van der Waals surface area contributed by atoms with Crippen LogP contribution in [-0.2, 0) is 9.59 Å². The molecule has 2 saturated heterocycles. The molecule has 28 heavy (non-hydrogen) atoms. The lowest BCUT2D eigenvalue weighted by Gasteiger charge is -2.34. The summed E-state index contributed by atoms with van der Waals surface area (Å²) in [6, 6.07) is 4.21. The van der Waals surface area contributed by atoms with Crippen molar-refractivity contribution in [3.05, 3.63) is 30.1 Å². The number of carbonyl (C=O) groups is 2. The molecule has 0 bridgehead atoms. The van der Waals surface area contributed by atoms with E-state index in [1.54, 1.807) is 12.4 Å². The highest BCUT2D eigenvalue weighted by molar-refractivity contribution is 5.83. The van der Waals surface area contributed by atoms with E-state index in [1.165, 1.54) is 19.3 Å². The summed E-state index contributed by atoms with van der Waals surface area (Å²) in [5.74, 6) is 0.373. The maximum Gasteiger partial charge on any atom is 0.241 e. The predicted octanol–water partition coefficient (Wildman–Crippen LogP) is 1.68.